The molecule has 0 fully saturated rings. The highest BCUT2D eigenvalue weighted by Crippen LogP contribution is 2.29. The largest absolute Gasteiger partial charge is 0.495 e. The van der Waals surface area contributed by atoms with Crippen LogP contribution < -0.4 is 10.1 Å². The van der Waals surface area contributed by atoms with Gasteiger partial charge in [0.25, 0.3) is 5.91 Å². The number of methoxy groups -OCH3 is 1. The van der Waals surface area contributed by atoms with E-state index in [2.05, 4.69) is 5.32 Å². The fourth-order valence-corrected chi connectivity index (χ4v) is 4.10. The van der Waals surface area contributed by atoms with Crippen LogP contribution in [0, 0.1) is 6.92 Å². The molecule has 0 radical (unpaired) electrons. The molecule has 1 amide bonds. The Morgan fingerprint density at radius 1 is 1.00 bits per heavy atom. The number of anilines is 1. The molecular weight excluding hydrogens is 424 g/mol. The van der Waals surface area contributed by atoms with Crippen molar-refractivity contribution >= 4 is 28.9 Å². The van der Waals surface area contributed by atoms with Gasteiger partial charge in [0.15, 0.2) is 0 Å². The first-order valence-electron chi connectivity index (χ1n) is 9.99. The van der Waals surface area contributed by atoms with Crippen LogP contribution in [0.1, 0.15) is 26.9 Å². The fraction of sp³-hybridized carbons (Fsp3) is 0.120. The van der Waals surface area contributed by atoms with Crippen molar-refractivity contribution < 1.29 is 19.1 Å². The lowest BCUT2D eigenvalue weighted by Gasteiger charge is -2.19. The molecule has 4 aromatic rings. The molecule has 0 aliphatic rings. The monoisotopic (exact) mass is 446 g/mol. The van der Waals surface area contributed by atoms with Gasteiger partial charge in [-0.1, -0.05) is 36.4 Å². The van der Waals surface area contributed by atoms with Crippen molar-refractivity contribution in [1.82, 2.24) is 4.57 Å². The fourth-order valence-electron chi connectivity index (χ4n) is 3.33. The van der Waals surface area contributed by atoms with Crippen LogP contribution in [0.4, 0.5) is 5.69 Å². The van der Waals surface area contributed by atoms with Crippen molar-refractivity contribution in [3.8, 4) is 11.4 Å². The minimum Gasteiger partial charge on any atom is -0.495 e. The van der Waals surface area contributed by atoms with Crippen LogP contribution >= 0.6 is 11.3 Å². The summed E-state index contributed by atoms with van der Waals surface area (Å²) in [7, 11) is 1.54. The number of thiophene rings is 1. The van der Waals surface area contributed by atoms with Gasteiger partial charge in [-0.25, -0.2) is 4.79 Å². The van der Waals surface area contributed by atoms with Gasteiger partial charge in [0, 0.05) is 18.0 Å². The molecule has 162 valence electrons. The maximum absolute atomic E-state index is 13.3. The average molecular weight is 447 g/mol. The van der Waals surface area contributed by atoms with Gasteiger partial charge >= 0.3 is 5.97 Å². The average Bonchev–Trinajstić information content (AvgIpc) is 3.50. The number of nitrogens with zero attached hydrogens (tertiary/aromatic N) is 1. The van der Waals surface area contributed by atoms with Gasteiger partial charge in [-0.15, -0.1) is 11.3 Å². The molecule has 0 aliphatic carbocycles. The number of aryl methyl sites for hydroxylation is 1. The number of ether oxygens (including phenoxy) is 2. The molecule has 32 heavy (non-hydrogen) atoms. The van der Waals surface area contributed by atoms with E-state index in [0.29, 0.717) is 27.6 Å². The molecule has 1 unspecified atom stereocenters. The third kappa shape index (κ3) is 4.58. The van der Waals surface area contributed by atoms with Crippen LogP contribution in [0.25, 0.3) is 5.69 Å². The van der Waals surface area contributed by atoms with E-state index in [-0.39, 0.29) is 0 Å². The first-order valence-corrected chi connectivity index (χ1v) is 10.9. The summed E-state index contributed by atoms with van der Waals surface area (Å²) >= 11 is 1.27. The Labute approximate surface area is 190 Å². The topological polar surface area (TPSA) is 69.6 Å². The molecule has 7 heteroatoms. The molecule has 0 bridgehead atoms. The number of amides is 1. The molecule has 2 aromatic carbocycles. The van der Waals surface area contributed by atoms with Crippen molar-refractivity contribution in [3.05, 3.63) is 101 Å². The van der Waals surface area contributed by atoms with Gasteiger partial charge in [0.1, 0.15) is 10.6 Å². The number of carbonyl (C=O) groups excluding carboxylic acids is 2. The van der Waals surface area contributed by atoms with Crippen LogP contribution in [0.2, 0.25) is 0 Å². The third-order valence-electron chi connectivity index (χ3n) is 4.89. The zero-order valence-electron chi connectivity index (χ0n) is 17.6. The number of rotatable bonds is 7. The maximum atomic E-state index is 13.3. The van der Waals surface area contributed by atoms with E-state index < -0.39 is 18.0 Å². The highest BCUT2D eigenvalue weighted by Gasteiger charge is 2.28. The molecule has 2 heterocycles. The molecule has 0 saturated carbocycles. The Morgan fingerprint density at radius 3 is 2.47 bits per heavy atom. The lowest BCUT2D eigenvalue weighted by Crippen LogP contribution is -2.26. The molecule has 4 rings (SSSR count). The van der Waals surface area contributed by atoms with Crippen molar-refractivity contribution in [2.45, 2.75) is 13.0 Å². The third-order valence-corrected chi connectivity index (χ3v) is 5.77. The van der Waals surface area contributed by atoms with Crippen molar-refractivity contribution in [1.29, 1.82) is 0 Å². The standard InChI is InChI=1S/C25H22N2O4S/c1-17-10-11-21(30-2)19(16-17)26-24(28)22(18-8-4-3-5-9-18)31-25(29)23-20(12-15-32-23)27-13-6-7-14-27/h3-16,22H,1-2H3,(H,26,28). The predicted octanol–water partition coefficient (Wildman–Crippen LogP) is 5.39. The SMILES string of the molecule is COc1ccc(C)cc1NC(=O)C(OC(=O)c1sccc1-n1cccc1)c1ccccc1. The Hall–Kier alpha value is -3.84. The Bertz CT molecular complexity index is 1220. The zero-order chi connectivity index (χ0) is 22.5. The summed E-state index contributed by atoms with van der Waals surface area (Å²) in [5, 5.41) is 4.67. The maximum Gasteiger partial charge on any atom is 0.351 e. The predicted molar refractivity (Wildman–Crippen MR) is 125 cm³/mol. The highest BCUT2D eigenvalue weighted by atomic mass is 32.1. The van der Waals surface area contributed by atoms with E-state index in [9.17, 15) is 9.59 Å². The Kier molecular flexibility index (Phi) is 6.37. The van der Waals surface area contributed by atoms with Crippen LogP contribution in [-0.2, 0) is 9.53 Å². The number of benzene rings is 2. The second kappa shape index (κ2) is 9.53. The number of hydrogen-bond acceptors (Lipinski definition) is 5. The molecule has 1 N–H and O–H groups in total. The number of carbonyl (C=O) groups is 2. The second-order valence-corrected chi connectivity index (χ2v) is 8.03. The van der Waals surface area contributed by atoms with Gasteiger partial charge in [0.05, 0.1) is 18.5 Å². The van der Waals surface area contributed by atoms with E-state index in [1.54, 1.807) is 30.3 Å². The lowest BCUT2D eigenvalue weighted by molar-refractivity contribution is -0.125. The lowest BCUT2D eigenvalue weighted by atomic mass is 10.1. The highest BCUT2D eigenvalue weighted by molar-refractivity contribution is 7.12. The zero-order valence-corrected chi connectivity index (χ0v) is 18.5. The summed E-state index contributed by atoms with van der Waals surface area (Å²) in [4.78, 5) is 26.8. The first kappa shape index (κ1) is 21.4. The van der Waals surface area contributed by atoms with Crippen molar-refractivity contribution in [3.63, 3.8) is 0 Å². The van der Waals surface area contributed by atoms with Gasteiger partial charge in [0.2, 0.25) is 6.10 Å². The smallest absolute Gasteiger partial charge is 0.351 e. The summed E-state index contributed by atoms with van der Waals surface area (Å²) < 4.78 is 13.0. The van der Waals surface area contributed by atoms with Crippen LogP contribution in [0.5, 0.6) is 5.75 Å². The summed E-state index contributed by atoms with van der Waals surface area (Å²) in [6.07, 6.45) is 2.57. The molecule has 6 nitrogen and oxygen atoms in total. The molecule has 0 saturated heterocycles. The molecule has 2 aromatic heterocycles. The summed E-state index contributed by atoms with van der Waals surface area (Å²) in [5.41, 5.74) is 2.75. The summed E-state index contributed by atoms with van der Waals surface area (Å²) in [6, 6.07) is 20.0. The van der Waals surface area contributed by atoms with Crippen LogP contribution in [0.3, 0.4) is 0 Å². The van der Waals surface area contributed by atoms with E-state index >= 15 is 0 Å². The quantitative estimate of drug-likeness (QED) is 0.386. The number of nitrogens with one attached hydrogen (secondary N) is 1. The van der Waals surface area contributed by atoms with E-state index in [1.807, 2.05) is 65.7 Å². The summed E-state index contributed by atoms with van der Waals surface area (Å²) in [6.45, 7) is 1.92. The van der Waals surface area contributed by atoms with Gasteiger partial charge in [-0.2, -0.15) is 0 Å². The molecule has 0 spiro atoms. The van der Waals surface area contributed by atoms with Gasteiger partial charge < -0.3 is 19.4 Å². The minimum absolute atomic E-state index is 0.420. The van der Waals surface area contributed by atoms with Gasteiger partial charge in [-0.3, -0.25) is 4.79 Å². The minimum atomic E-state index is -1.13. The van der Waals surface area contributed by atoms with E-state index in [1.165, 1.54) is 18.4 Å². The Morgan fingerprint density at radius 2 is 1.75 bits per heavy atom. The molecule has 0 aliphatic heterocycles. The number of esters is 1. The van der Waals surface area contributed by atoms with E-state index in [4.69, 9.17) is 9.47 Å². The van der Waals surface area contributed by atoms with Crippen molar-refractivity contribution in [2.24, 2.45) is 0 Å². The number of aromatic nitrogens is 1. The second-order valence-electron chi connectivity index (χ2n) is 7.11. The number of hydrogen-bond donors (Lipinski definition) is 1. The Balaban J connectivity index is 1.63. The van der Waals surface area contributed by atoms with E-state index in [0.717, 1.165) is 5.56 Å². The van der Waals surface area contributed by atoms with Crippen molar-refractivity contribution in [2.75, 3.05) is 12.4 Å². The first-order chi connectivity index (χ1) is 15.6. The van der Waals surface area contributed by atoms with Crippen LogP contribution in [0.15, 0.2) is 84.5 Å². The normalized spacial score (nSPS) is 11.6. The van der Waals surface area contributed by atoms with Gasteiger partial charge in [-0.05, 0) is 48.2 Å². The summed E-state index contributed by atoms with van der Waals surface area (Å²) in [5.74, 6) is -0.508. The molecule has 1 atom stereocenters. The van der Waals surface area contributed by atoms with Crippen LogP contribution in [-0.4, -0.2) is 23.6 Å². The molecular formula is C25H22N2O4S.